The number of hydrogen-bond donors (Lipinski definition) is 2. The Bertz CT molecular complexity index is 964. The summed E-state index contributed by atoms with van der Waals surface area (Å²) in [4.78, 5) is 6.05. The third-order valence-corrected chi connectivity index (χ3v) is 5.19. The fourth-order valence-electron chi connectivity index (χ4n) is 2.84. The second kappa shape index (κ2) is 9.18. The zero-order valence-corrected chi connectivity index (χ0v) is 16.2. The number of aliphatic imine (C=N–C) groups is 1. The van der Waals surface area contributed by atoms with Crippen LogP contribution in [0.3, 0.4) is 0 Å². The average molecular weight is 395 g/mol. The molecule has 0 bridgehead atoms. The molecule has 7 nitrogen and oxygen atoms in total. The molecule has 0 spiro atoms. The Hall–Kier alpha value is -3.13. The number of pyridine rings is 1. The Morgan fingerprint density at radius 3 is 2.79 bits per heavy atom. The average Bonchev–Trinajstić information content (AvgIpc) is 3.48. The van der Waals surface area contributed by atoms with Crippen molar-refractivity contribution in [1.82, 2.24) is 25.2 Å². The van der Waals surface area contributed by atoms with Crippen LogP contribution in [0.2, 0.25) is 0 Å². The van der Waals surface area contributed by atoms with Crippen molar-refractivity contribution in [2.24, 2.45) is 4.99 Å². The fourth-order valence-corrected chi connectivity index (χ4v) is 3.55. The normalized spacial score (nSPS) is 11.8. The van der Waals surface area contributed by atoms with Gasteiger partial charge in [-0.2, -0.15) is 0 Å². The summed E-state index contributed by atoms with van der Waals surface area (Å²) in [7, 11) is 0. The molecule has 0 saturated heterocycles. The zero-order chi connectivity index (χ0) is 19.0. The van der Waals surface area contributed by atoms with Gasteiger partial charge in [0.2, 0.25) is 0 Å². The van der Waals surface area contributed by atoms with E-state index in [2.05, 4.69) is 38.3 Å². The Kier molecular flexibility index (Phi) is 5.98. The maximum atomic E-state index is 5.39. The predicted molar refractivity (Wildman–Crippen MR) is 111 cm³/mol. The molecule has 0 aliphatic heterocycles. The summed E-state index contributed by atoms with van der Waals surface area (Å²) in [5.41, 5.74) is 0.825. The highest BCUT2D eigenvalue weighted by molar-refractivity contribution is 7.09. The molecule has 8 heteroatoms. The van der Waals surface area contributed by atoms with E-state index in [4.69, 9.17) is 9.41 Å². The quantitative estimate of drug-likeness (QED) is 0.355. The summed E-state index contributed by atoms with van der Waals surface area (Å²) < 4.78 is 7.35. The molecule has 0 amide bonds. The largest absolute Gasteiger partial charge is 0.469 e. The van der Waals surface area contributed by atoms with Gasteiger partial charge in [-0.25, -0.2) is 4.99 Å². The van der Waals surface area contributed by atoms with Gasteiger partial charge >= 0.3 is 0 Å². The smallest absolute Gasteiger partial charge is 0.191 e. The summed E-state index contributed by atoms with van der Waals surface area (Å²) in [6.45, 7) is 1.99. The van der Waals surface area contributed by atoms with Crippen LogP contribution in [0, 0.1) is 0 Å². The molecule has 144 valence electrons. The summed E-state index contributed by atoms with van der Waals surface area (Å²) in [5, 5.41) is 17.3. The first-order valence-corrected chi connectivity index (χ1v) is 10.1. The van der Waals surface area contributed by atoms with Crippen LogP contribution >= 0.6 is 11.3 Å². The van der Waals surface area contributed by atoms with Crippen LogP contribution in [0.4, 0.5) is 0 Å². The van der Waals surface area contributed by atoms with Gasteiger partial charge in [-0.1, -0.05) is 12.1 Å². The highest BCUT2D eigenvalue weighted by Gasteiger charge is 2.06. The number of guanidine groups is 1. The second-order valence-corrected chi connectivity index (χ2v) is 7.25. The van der Waals surface area contributed by atoms with Crippen molar-refractivity contribution >= 4 is 22.9 Å². The van der Waals surface area contributed by atoms with Gasteiger partial charge in [0, 0.05) is 30.6 Å². The van der Waals surface area contributed by atoms with Crippen molar-refractivity contribution in [3.63, 3.8) is 0 Å². The first-order valence-electron chi connectivity index (χ1n) is 9.24. The van der Waals surface area contributed by atoms with Crippen molar-refractivity contribution in [2.75, 3.05) is 13.1 Å². The highest BCUT2D eigenvalue weighted by atomic mass is 32.1. The van der Waals surface area contributed by atoms with E-state index in [0.717, 1.165) is 49.1 Å². The van der Waals surface area contributed by atoms with Crippen LogP contribution in [-0.2, 0) is 19.4 Å². The Morgan fingerprint density at radius 2 is 1.96 bits per heavy atom. The molecule has 4 aromatic rings. The minimum absolute atomic E-state index is 0.445. The molecule has 0 unspecified atom stereocenters. The van der Waals surface area contributed by atoms with Crippen LogP contribution < -0.4 is 10.6 Å². The SMILES string of the molecule is c1coc(CCNC(=NCc2nnc3ccccn23)NCCc2cccs2)c1. The standard InChI is InChI=1S/C20H22N6OS/c1-2-12-26-18(7-1)24-25-19(26)15-23-20(21-10-8-16-5-3-13-27-16)22-11-9-17-6-4-14-28-17/h1-7,12-14H,8-11,15H2,(H2,21,22,23). The minimum atomic E-state index is 0.445. The van der Waals surface area contributed by atoms with E-state index in [1.807, 2.05) is 40.9 Å². The summed E-state index contributed by atoms with van der Waals surface area (Å²) in [6, 6.07) is 14.0. The Morgan fingerprint density at radius 1 is 1.04 bits per heavy atom. The van der Waals surface area contributed by atoms with Gasteiger partial charge in [0.05, 0.1) is 6.26 Å². The number of rotatable bonds is 8. The van der Waals surface area contributed by atoms with Crippen molar-refractivity contribution in [1.29, 1.82) is 0 Å². The molecule has 4 aromatic heterocycles. The van der Waals surface area contributed by atoms with E-state index in [1.54, 1.807) is 17.6 Å². The van der Waals surface area contributed by atoms with Crippen LogP contribution in [-0.4, -0.2) is 33.6 Å². The molecule has 0 radical (unpaired) electrons. The van der Waals surface area contributed by atoms with Gasteiger partial charge < -0.3 is 15.1 Å². The first kappa shape index (κ1) is 18.2. The van der Waals surface area contributed by atoms with Crippen molar-refractivity contribution in [2.45, 2.75) is 19.4 Å². The number of aromatic nitrogens is 3. The molecule has 0 aliphatic rings. The number of nitrogens with zero attached hydrogens (tertiary/aromatic N) is 4. The third-order valence-electron chi connectivity index (χ3n) is 4.25. The van der Waals surface area contributed by atoms with Gasteiger partial charge in [0.25, 0.3) is 0 Å². The monoisotopic (exact) mass is 394 g/mol. The maximum absolute atomic E-state index is 5.39. The molecule has 2 N–H and O–H groups in total. The van der Waals surface area contributed by atoms with Gasteiger partial charge in [0.15, 0.2) is 17.4 Å². The van der Waals surface area contributed by atoms with E-state index in [0.29, 0.717) is 6.54 Å². The molecule has 0 fully saturated rings. The van der Waals surface area contributed by atoms with Gasteiger partial charge in [-0.05, 0) is 42.1 Å². The van der Waals surface area contributed by atoms with Crippen LogP contribution in [0.5, 0.6) is 0 Å². The number of hydrogen-bond acceptors (Lipinski definition) is 5. The molecule has 28 heavy (non-hydrogen) atoms. The Balaban J connectivity index is 1.38. The van der Waals surface area contributed by atoms with E-state index in [9.17, 15) is 0 Å². The molecule has 0 aromatic carbocycles. The molecule has 4 rings (SSSR count). The molecule has 0 atom stereocenters. The second-order valence-electron chi connectivity index (χ2n) is 6.22. The molecular formula is C20H22N6OS. The van der Waals surface area contributed by atoms with Crippen LogP contribution in [0.1, 0.15) is 16.5 Å². The minimum Gasteiger partial charge on any atom is -0.469 e. The maximum Gasteiger partial charge on any atom is 0.191 e. The predicted octanol–water partition coefficient (Wildman–Crippen LogP) is 2.90. The topological polar surface area (TPSA) is 79.8 Å². The van der Waals surface area contributed by atoms with E-state index >= 15 is 0 Å². The molecule has 4 heterocycles. The highest BCUT2D eigenvalue weighted by Crippen LogP contribution is 2.08. The van der Waals surface area contributed by atoms with E-state index < -0.39 is 0 Å². The van der Waals surface area contributed by atoms with Gasteiger partial charge in [-0.3, -0.25) is 4.40 Å². The number of furan rings is 1. The number of fused-ring (bicyclic) bond motifs is 1. The lowest BCUT2D eigenvalue weighted by Crippen LogP contribution is -2.39. The lowest BCUT2D eigenvalue weighted by atomic mass is 10.3. The lowest BCUT2D eigenvalue weighted by molar-refractivity contribution is 0.506. The summed E-state index contributed by atoms with van der Waals surface area (Å²) in [5.74, 6) is 2.52. The van der Waals surface area contributed by atoms with Crippen molar-refractivity contribution < 1.29 is 4.42 Å². The van der Waals surface area contributed by atoms with E-state index in [1.165, 1.54) is 4.88 Å². The van der Waals surface area contributed by atoms with Crippen LogP contribution in [0.15, 0.2) is 69.7 Å². The Labute approximate surface area is 167 Å². The molecule has 0 saturated carbocycles. The molecular weight excluding hydrogens is 372 g/mol. The summed E-state index contributed by atoms with van der Waals surface area (Å²) in [6.07, 6.45) is 5.41. The van der Waals surface area contributed by atoms with Gasteiger partial charge in [-0.15, -0.1) is 21.5 Å². The van der Waals surface area contributed by atoms with Crippen molar-refractivity contribution in [3.8, 4) is 0 Å². The number of nitrogens with one attached hydrogen (secondary N) is 2. The summed E-state index contributed by atoms with van der Waals surface area (Å²) >= 11 is 1.77. The van der Waals surface area contributed by atoms with E-state index in [-0.39, 0.29) is 0 Å². The lowest BCUT2D eigenvalue weighted by Gasteiger charge is -2.12. The third kappa shape index (κ3) is 4.77. The fraction of sp³-hybridized carbons (Fsp3) is 0.250. The zero-order valence-electron chi connectivity index (χ0n) is 15.4. The van der Waals surface area contributed by atoms with Gasteiger partial charge in [0.1, 0.15) is 12.3 Å². The first-order chi connectivity index (χ1) is 13.9. The number of thiophene rings is 1. The molecule has 0 aliphatic carbocycles. The van der Waals surface area contributed by atoms with Crippen molar-refractivity contribution in [3.05, 3.63) is 76.8 Å². The van der Waals surface area contributed by atoms with Crippen LogP contribution in [0.25, 0.3) is 5.65 Å².